The van der Waals surface area contributed by atoms with Gasteiger partial charge in [-0.05, 0) is 23.8 Å². The molecule has 0 aliphatic carbocycles. The van der Waals surface area contributed by atoms with Gasteiger partial charge >= 0.3 is 5.97 Å². The first-order chi connectivity index (χ1) is 9.61. The molecule has 0 unspecified atom stereocenters. The van der Waals surface area contributed by atoms with Gasteiger partial charge in [0, 0.05) is 12.6 Å². The quantitative estimate of drug-likeness (QED) is 0.484. The van der Waals surface area contributed by atoms with Crippen molar-refractivity contribution in [2.45, 2.75) is 6.42 Å². The molecule has 104 valence electrons. The average Bonchev–Trinajstić information content (AvgIpc) is 2.45. The van der Waals surface area contributed by atoms with Gasteiger partial charge in [0.1, 0.15) is 5.82 Å². The lowest BCUT2D eigenvalue weighted by atomic mass is 10.2. The summed E-state index contributed by atoms with van der Waals surface area (Å²) in [6, 6.07) is 7.43. The average molecular weight is 276 g/mol. The topological polar surface area (TPSA) is 79.2 Å². The number of carbonyl (C=O) groups is 2. The number of hydrogen-bond donors (Lipinski definition) is 1. The smallest absolute Gasteiger partial charge is 0.331 e. The van der Waals surface area contributed by atoms with Gasteiger partial charge in [0.15, 0.2) is 6.61 Å². The van der Waals surface area contributed by atoms with E-state index in [4.69, 9.17) is 5.26 Å². The first-order valence-corrected chi connectivity index (χ1v) is 5.86. The van der Waals surface area contributed by atoms with Crippen molar-refractivity contribution in [3.8, 4) is 6.07 Å². The van der Waals surface area contributed by atoms with Crippen LogP contribution in [0.25, 0.3) is 6.08 Å². The van der Waals surface area contributed by atoms with Crippen molar-refractivity contribution >= 4 is 18.0 Å². The third kappa shape index (κ3) is 6.31. The van der Waals surface area contributed by atoms with Crippen LogP contribution in [0.3, 0.4) is 0 Å². The summed E-state index contributed by atoms with van der Waals surface area (Å²) in [4.78, 5) is 22.5. The molecule has 6 heteroatoms. The second-order valence-electron chi connectivity index (χ2n) is 3.75. The van der Waals surface area contributed by atoms with Crippen LogP contribution >= 0.6 is 0 Å². The Morgan fingerprint density at radius 2 is 2.05 bits per heavy atom. The van der Waals surface area contributed by atoms with E-state index in [1.165, 1.54) is 30.3 Å². The number of benzene rings is 1. The number of halogens is 1. The third-order valence-corrected chi connectivity index (χ3v) is 2.19. The summed E-state index contributed by atoms with van der Waals surface area (Å²) < 4.78 is 17.3. The molecule has 0 radical (unpaired) electrons. The van der Waals surface area contributed by atoms with Crippen molar-refractivity contribution < 1.29 is 18.7 Å². The Balaban J connectivity index is 2.31. The minimum atomic E-state index is -0.676. The number of esters is 1. The second kappa shape index (κ2) is 8.43. The third-order valence-electron chi connectivity index (χ3n) is 2.19. The van der Waals surface area contributed by atoms with Gasteiger partial charge in [0.25, 0.3) is 5.91 Å². The summed E-state index contributed by atoms with van der Waals surface area (Å²) in [6.07, 6.45) is 2.80. The Kier molecular flexibility index (Phi) is 6.48. The Hall–Kier alpha value is -2.68. The molecule has 0 bridgehead atoms. The van der Waals surface area contributed by atoms with Crippen LogP contribution in [0.15, 0.2) is 30.3 Å². The zero-order valence-corrected chi connectivity index (χ0v) is 10.6. The highest BCUT2D eigenvalue weighted by Gasteiger charge is 2.03. The van der Waals surface area contributed by atoms with Crippen LogP contribution in [0.2, 0.25) is 0 Å². The van der Waals surface area contributed by atoms with E-state index in [0.29, 0.717) is 5.56 Å². The summed E-state index contributed by atoms with van der Waals surface area (Å²) >= 11 is 0. The highest BCUT2D eigenvalue weighted by molar-refractivity contribution is 5.89. The molecule has 0 saturated carbocycles. The van der Waals surface area contributed by atoms with Crippen molar-refractivity contribution in [2.75, 3.05) is 13.2 Å². The molecule has 1 aromatic carbocycles. The zero-order valence-electron chi connectivity index (χ0n) is 10.6. The van der Waals surface area contributed by atoms with Gasteiger partial charge in [0.05, 0.1) is 12.5 Å². The molecule has 1 amide bonds. The number of nitriles is 1. The molecule has 1 rings (SSSR count). The van der Waals surface area contributed by atoms with Crippen molar-refractivity contribution in [3.05, 3.63) is 41.7 Å². The van der Waals surface area contributed by atoms with E-state index in [2.05, 4.69) is 10.1 Å². The summed E-state index contributed by atoms with van der Waals surface area (Å²) in [6.45, 7) is -0.184. The molecular weight excluding hydrogens is 263 g/mol. The number of hydrogen-bond acceptors (Lipinski definition) is 4. The number of nitrogens with zero attached hydrogens (tertiary/aromatic N) is 1. The molecule has 0 heterocycles. The van der Waals surface area contributed by atoms with E-state index in [1.807, 2.05) is 6.07 Å². The number of ether oxygens (including phenoxy) is 1. The van der Waals surface area contributed by atoms with E-state index < -0.39 is 18.5 Å². The van der Waals surface area contributed by atoms with Crippen LogP contribution in [0, 0.1) is 17.1 Å². The second-order valence-corrected chi connectivity index (χ2v) is 3.75. The molecule has 0 aromatic heterocycles. The SMILES string of the molecule is N#CCCNC(=O)COC(=O)/C=C/c1ccc(F)cc1. The van der Waals surface area contributed by atoms with Gasteiger partial charge in [0.2, 0.25) is 0 Å². The van der Waals surface area contributed by atoms with E-state index in [0.717, 1.165) is 6.08 Å². The number of carbonyl (C=O) groups excluding carboxylic acids is 2. The standard InChI is InChI=1S/C14H13FN2O3/c15-12-5-2-11(3-6-12)4-7-14(19)20-10-13(18)17-9-1-8-16/h2-7H,1,9-10H2,(H,17,18)/b7-4+. The van der Waals surface area contributed by atoms with Gasteiger partial charge in [-0.15, -0.1) is 0 Å². The van der Waals surface area contributed by atoms with Gasteiger partial charge in [-0.1, -0.05) is 12.1 Å². The Bertz CT molecular complexity index is 532. The van der Waals surface area contributed by atoms with Crippen molar-refractivity contribution in [1.29, 1.82) is 5.26 Å². The lowest BCUT2D eigenvalue weighted by Crippen LogP contribution is -2.29. The number of amides is 1. The summed E-state index contributed by atoms with van der Waals surface area (Å²) in [5, 5.41) is 10.7. The van der Waals surface area contributed by atoms with E-state index in [9.17, 15) is 14.0 Å². The summed E-state index contributed by atoms with van der Waals surface area (Å²) in [7, 11) is 0. The monoisotopic (exact) mass is 276 g/mol. The van der Waals surface area contributed by atoms with Crippen LogP contribution in [0.1, 0.15) is 12.0 Å². The zero-order chi connectivity index (χ0) is 14.8. The fourth-order valence-electron chi connectivity index (χ4n) is 1.23. The van der Waals surface area contributed by atoms with E-state index >= 15 is 0 Å². The maximum Gasteiger partial charge on any atom is 0.331 e. The molecule has 0 aliphatic heterocycles. The van der Waals surface area contributed by atoms with Gasteiger partial charge in [-0.3, -0.25) is 4.79 Å². The minimum Gasteiger partial charge on any atom is -0.452 e. The highest BCUT2D eigenvalue weighted by atomic mass is 19.1. The normalized spacial score (nSPS) is 10.0. The number of nitrogens with one attached hydrogen (secondary N) is 1. The fourth-order valence-corrected chi connectivity index (χ4v) is 1.23. The number of rotatable bonds is 6. The molecule has 0 fully saturated rings. The van der Waals surface area contributed by atoms with Crippen LogP contribution in [0.4, 0.5) is 4.39 Å². The molecule has 5 nitrogen and oxygen atoms in total. The molecule has 0 saturated heterocycles. The van der Waals surface area contributed by atoms with E-state index in [1.54, 1.807) is 0 Å². The first-order valence-electron chi connectivity index (χ1n) is 5.86. The minimum absolute atomic E-state index is 0.199. The predicted molar refractivity (Wildman–Crippen MR) is 69.6 cm³/mol. The summed E-state index contributed by atoms with van der Waals surface area (Å²) in [5.74, 6) is -1.51. The Morgan fingerprint density at radius 1 is 1.35 bits per heavy atom. The maximum absolute atomic E-state index is 12.6. The van der Waals surface area contributed by atoms with Crippen LogP contribution in [-0.2, 0) is 14.3 Å². The van der Waals surface area contributed by atoms with Crippen LogP contribution < -0.4 is 5.32 Å². The van der Waals surface area contributed by atoms with Crippen molar-refractivity contribution in [2.24, 2.45) is 0 Å². The maximum atomic E-state index is 12.6. The van der Waals surface area contributed by atoms with Crippen LogP contribution in [-0.4, -0.2) is 25.0 Å². The predicted octanol–water partition coefficient (Wildman–Crippen LogP) is 1.41. The first kappa shape index (κ1) is 15.4. The lowest BCUT2D eigenvalue weighted by molar-refractivity contribution is -0.143. The van der Waals surface area contributed by atoms with Crippen molar-refractivity contribution in [1.82, 2.24) is 5.32 Å². The molecule has 0 spiro atoms. The molecule has 20 heavy (non-hydrogen) atoms. The fraction of sp³-hybridized carbons (Fsp3) is 0.214. The van der Waals surface area contributed by atoms with Gasteiger partial charge < -0.3 is 10.1 Å². The molecule has 1 aromatic rings. The largest absolute Gasteiger partial charge is 0.452 e. The molecule has 0 aliphatic rings. The lowest BCUT2D eigenvalue weighted by Gasteiger charge is -2.02. The van der Waals surface area contributed by atoms with Crippen LogP contribution in [0.5, 0.6) is 0 Å². The summed E-state index contributed by atoms with van der Waals surface area (Å²) in [5.41, 5.74) is 0.641. The van der Waals surface area contributed by atoms with Gasteiger partial charge in [-0.25, -0.2) is 9.18 Å². The molecule has 1 N–H and O–H groups in total. The Labute approximate surface area is 115 Å². The molecule has 0 atom stereocenters. The van der Waals surface area contributed by atoms with Crippen molar-refractivity contribution in [3.63, 3.8) is 0 Å². The van der Waals surface area contributed by atoms with E-state index in [-0.39, 0.29) is 18.8 Å². The van der Waals surface area contributed by atoms with Gasteiger partial charge in [-0.2, -0.15) is 5.26 Å². The molecular formula is C14H13FN2O3. The Morgan fingerprint density at radius 3 is 2.70 bits per heavy atom. The highest BCUT2D eigenvalue weighted by Crippen LogP contribution is 2.04.